The average molecular weight is 1410 g/mol. The molecule has 10 heterocycles. The van der Waals surface area contributed by atoms with Crippen LogP contribution >= 0.6 is 23.5 Å². The molecule has 26 rings (SSSR count). The zero-order valence-electron chi connectivity index (χ0n) is 57.6. The number of benzene rings is 16. The summed E-state index contributed by atoms with van der Waals surface area (Å²) < 4.78 is 18.5. The van der Waals surface area contributed by atoms with Crippen LogP contribution in [0.15, 0.2) is 347 Å². The molecule has 0 spiro atoms. The van der Waals surface area contributed by atoms with E-state index in [9.17, 15) is 0 Å². The van der Waals surface area contributed by atoms with Crippen molar-refractivity contribution in [3.05, 3.63) is 328 Å². The van der Waals surface area contributed by atoms with Crippen molar-refractivity contribution in [2.24, 2.45) is 0 Å². The highest BCUT2D eigenvalue weighted by Crippen LogP contribution is 2.61. The van der Waals surface area contributed by atoms with Gasteiger partial charge in [-0.05, 0) is 212 Å². The Morgan fingerprint density at radius 2 is 0.630 bits per heavy atom. The number of para-hydroxylation sites is 12. The lowest BCUT2D eigenvalue weighted by molar-refractivity contribution is 0.477. The molecule has 0 saturated heterocycles. The van der Waals surface area contributed by atoms with E-state index in [-0.39, 0.29) is 13.4 Å². The van der Waals surface area contributed by atoms with Gasteiger partial charge in [0.25, 0.3) is 13.4 Å². The van der Waals surface area contributed by atoms with E-state index < -0.39 is 0 Å². The fraction of sp³-hybridized carbons (Fsp3) is 0. The first-order chi connectivity index (χ1) is 53.6. The molecule has 0 fully saturated rings. The Labute approximate surface area is 630 Å². The first kappa shape index (κ1) is 58.1. The van der Waals surface area contributed by atoms with Gasteiger partial charge in [-0.15, -0.1) is 0 Å². The van der Waals surface area contributed by atoms with E-state index in [1.807, 2.05) is 23.5 Å². The molecule has 0 bridgehead atoms. The number of nitrogens with zero attached hydrogens (tertiary/aromatic N) is 6. The number of fused-ring (bicyclic) bond motifs is 22. The van der Waals surface area contributed by atoms with Gasteiger partial charge >= 0.3 is 0 Å². The van der Waals surface area contributed by atoms with Crippen LogP contribution < -0.4 is 61.9 Å². The molecule has 0 saturated carbocycles. The summed E-state index contributed by atoms with van der Waals surface area (Å²) in [4.78, 5) is 15.2. The van der Waals surface area contributed by atoms with Gasteiger partial charge in [0.05, 0.1) is 67.6 Å². The van der Waals surface area contributed by atoms with Gasteiger partial charge in [-0.1, -0.05) is 206 Å². The summed E-state index contributed by atoms with van der Waals surface area (Å²) in [5.74, 6) is 3.37. The average Bonchev–Trinajstić information content (AvgIpc) is 0.878. The number of ether oxygens (including phenoxy) is 2. The summed E-state index contributed by atoms with van der Waals surface area (Å²) >= 11 is 3.79. The molecule has 8 aliphatic rings. The predicted octanol–water partition coefficient (Wildman–Crippen LogP) is 22.2. The van der Waals surface area contributed by atoms with E-state index >= 15 is 0 Å². The molecular weight excluding hydrogens is 1350 g/mol. The van der Waals surface area contributed by atoms with E-state index in [1.54, 1.807) is 0 Å². The Kier molecular flexibility index (Phi) is 11.4. The lowest BCUT2D eigenvalue weighted by atomic mass is 9.33. The zero-order valence-corrected chi connectivity index (χ0v) is 59.3. The summed E-state index contributed by atoms with van der Waals surface area (Å²) in [5, 5.41) is 4.95. The summed E-state index contributed by atoms with van der Waals surface area (Å²) in [5.41, 5.74) is 35.4. The quantitative estimate of drug-likeness (QED) is 0.158. The van der Waals surface area contributed by atoms with E-state index in [4.69, 9.17) is 9.47 Å². The molecule has 0 amide bonds. The van der Waals surface area contributed by atoms with Crippen molar-refractivity contribution in [2.45, 2.75) is 19.6 Å². The molecule has 16 aromatic carbocycles. The SMILES string of the molecule is c1ccc2c(c1)Oc1cccc3c1N2c1cc(-c2ccc(-n4c5ccccc5c5c(-c6cc7c8c(c6)B6c9cccc%10c9N(c9ccccc9S%10)c9cc(-c%10ccc(-n%11c%12ccccc%12c%12ccccc%12%11)cc%10)cc(c96)N8c6ccccc6S7)cccc54)cc2)cc2c1B3c1cccc3c1N2c1ccccc1O3. The highest BCUT2D eigenvalue weighted by atomic mass is 32.2. The molecule has 0 atom stereocenters. The minimum atomic E-state index is -0.0833. The Hall–Kier alpha value is -13.3. The van der Waals surface area contributed by atoms with Crippen LogP contribution in [0.2, 0.25) is 0 Å². The smallest absolute Gasteiger partial charge is 0.252 e. The third-order valence-electron chi connectivity index (χ3n) is 24.0. The minimum Gasteiger partial charge on any atom is -0.453 e. The van der Waals surface area contributed by atoms with Gasteiger partial charge < -0.3 is 38.2 Å². The summed E-state index contributed by atoms with van der Waals surface area (Å²) in [6, 6.07) is 122. The highest BCUT2D eigenvalue weighted by molar-refractivity contribution is 8.00. The first-order valence-electron chi connectivity index (χ1n) is 37.0. The minimum absolute atomic E-state index is 0.0733. The van der Waals surface area contributed by atoms with Crippen LogP contribution in [0, 0.1) is 0 Å². The lowest BCUT2D eigenvalue weighted by Crippen LogP contribution is -2.62. The lowest BCUT2D eigenvalue weighted by Gasteiger charge is -2.48. The second-order valence-electron chi connectivity index (χ2n) is 29.4. The van der Waals surface area contributed by atoms with Gasteiger partial charge in [0, 0.05) is 75.3 Å². The van der Waals surface area contributed by atoms with Gasteiger partial charge in [0.2, 0.25) is 0 Å². The summed E-state index contributed by atoms with van der Waals surface area (Å²) in [7, 11) is 0. The second-order valence-corrected chi connectivity index (χ2v) is 31.5. The zero-order chi connectivity index (χ0) is 69.9. The van der Waals surface area contributed by atoms with Crippen molar-refractivity contribution in [3.8, 4) is 67.8 Å². The van der Waals surface area contributed by atoms with Crippen molar-refractivity contribution in [1.82, 2.24) is 9.13 Å². The summed E-state index contributed by atoms with van der Waals surface area (Å²) in [6.07, 6.45) is 0. The van der Waals surface area contributed by atoms with Crippen LogP contribution in [0.25, 0.3) is 88.4 Å². The first-order valence-corrected chi connectivity index (χ1v) is 38.6. The molecule has 0 aliphatic carbocycles. The van der Waals surface area contributed by atoms with Crippen LogP contribution in [0.3, 0.4) is 0 Å². The fourth-order valence-corrected chi connectivity index (χ4v) is 21.9. The van der Waals surface area contributed by atoms with Crippen LogP contribution in [0.5, 0.6) is 23.0 Å². The second kappa shape index (κ2) is 21.3. The third-order valence-corrected chi connectivity index (χ3v) is 26.2. The van der Waals surface area contributed by atoms with Crippen LogP contribution in [-0.2, 0) is 0 Å². The number of hydrogen-bond donors (Lipinski definition) is 0. The maximum absolute atomic E-state index is 6.81. The molecule has 108 heavy (non-hydrogen) atoms. The van der Waals surface area contributed by atoms with Crippen molar-refractivity contribution >= 4 is 182 Å². The van der Waals surface area contributed by atoms with E-state index in [0.29, 0.717) is 0 Å². The van der Waals surface area contributed by atoms with Crippen molar-refractivity contribution in [1.29, 1.82) is 0 Å². The fourth-order valence-electron chi connectivity index (χ4n) is 19.7. The van der Waals surface area contributed by atoms with E-state index in [2.05, 4.69) is 356 Å². The predicted molar refractivity (Wildman–Crippen MR) is 448 cm³/mol. The standard InChI is InChI=1S/C96H54B2N6O2S2/c1-4-26-70-63(19-1)64-20-2-5-27-71(64)99(70)60-45-41-55(42-46-60)58-52-80-92-81(53-58)104-76-32-10-14-39-87(76)108-89-54-59(49-69(96(89)104)98(92)68-25-18-40-88-95(68)103(80)75-31-9-13-38-86(75)107-88)62-22-15-33-77-90(62)65-21-3-6-28-72(65)100(77)61-47-43-56(44-48-61)57-50-78-91-79(51-57)102-74-30-8-12-35-83(74)106-85-37-17-24-67(94(85)102)97(91)66-23-16-36-84-93(66)101(78)73-29-7-11-34-82(73)105-84/h1-54H. The van der Waals surface area contributed by atoms with E-state index in [0.717, 1.165) is 90.7 Å². The van der Waals surface area contributed by atoms with Crippen LogP contribution in [0.4, 0.5) is 68.2 Å². The third kappa shape index (κ3) is 7.64. The molecule has 2 aromatic heterocycles. The topological polar surface area (TPSA) is 41.3 Å². The van der Waals surface area contributed by atoms with Gasteiger partial charge in [-0.3, -0.25) is 0 Å². The maximum atomic E-state index is 6.81. The van der Waals surface area contributed by atoms with Crippen LogP contribution in [0.1, 0.15) is 0 Å². The van der Waals surface area contributed by atoms with Gasteiger partial charge in [0.15, 0.2) is 23.0 Å². The molecule has 8 aliphatic heterocycles. The van der Waals surface area contributed by atoms with Crippen molar-refractivity contribution < 1.29 is 9.47 Å². The Bertz CT molecular complexity index is 6950. The largest absolute Gasteiger partial charge is 0.453 e. The van der Waals surface area contributed by atoms with Crippen molar-refractivity contribution in [3.63, 3.8) is 0 Å². The number of anilines is 12. The monoisotopic (exact) mass is 1410 g/mol. The molecule has 0 radical (unpaired) electrons. The Morgan fingerprint density at radius 1 is 0.241 bits per heavy atom. The summed E-state index contributed by atoms with van der Waals surface area (Å²) in [6.45, 7) is -0.157. The number of hydrogen-bond acceptors (Lipinski definition) is 8. The molecule has 0 unspecified atom stereocenters. The Balaban J connectivity index is 0.641. The normalized spacial score (nSPS) is 14.1. The molecule has 18 aromatic rings. The molecular formula is C96H54B2N6O2S2. The van der Waals surface area contributed by atoms with Gasteiger partial charge in [0.1, 0.15) is 0 Å². The molecule has 12 heteroatoms. The maximum Gasteiger partial charge on any atom is 0.252 e. The molecule has 498 valence electrons. The van der Waals surface area contributed by atoms with Crippen LogP contribution in [-0.4, -0.2) is 22.6 Å². The molecule has 8 nitrogen and oxygen atoms in total. The van der Waals surface area contributed by atoms with Gasteiger partial charge in [-0.25, -0.2) is 0 Å². The number of rotatable bonds is 5. The molecule has 0 N–H and O–H groups in total. The van der Waals surface area contributed by atoms with Crippen molar-refractivity contribution in [2.75, 3.05) is 19.6 Å². The van der Waals surface area contributed by atoms with Gasteiger partial charge in [-0.2, -0.15) is 0 Å². The number of aromatic nitrogens is 2. The Morgan fingerprint density at radius 3 is 1.19 bits per heavy atom. The van der Waals surface area contributed by atoms with E-state index in [1.165, 1.54) is 141 Å². The highest BCUT2D eigenvalue weighted by Gasteiger charge is 2.50.